The van der Waals surface area contributed by atoms with Crippen molar-refractivity contribution in [3.05, 3.63) is 60.0 Å². The van der Waals surface area contributed by atoms with Crippen LogP contribution < -0.4 is 5.32 Å². The summed E-state index contributed by atoms with van der Waals surface area (Å²) in [4.78, 5) is 17.3. The van der Waals surface area contributed by atoms with E-state index >= 15 is 0 Å². The summed E-state index contributed by atoms with van der Waals surface area (Å²) < 4.78 is 33.8. The zero-order valence-corrected chi connectivity index (χ0v) is 18.4. The molecule has 1 atom stereocenters. The van der Waals surface area contributed by atoms with Gasteiger partial charge < -0.3 is 14.6 Å². The van der Waals surface area contributed by atoms with E-state index in [2.05, 4.69) is 10.3 Å². The monoisotopic (exact) mass is 442 g/mol. The van der Waals surface area contributed by atoms with E-state index in [1.165, 1.54) is 18.4 Å². The predicted octanol–water partition coefficient (Wildman–Crippen LogP) is 2.24. The molecule has 1 N–H and O–H groups in total. The third-order valence-corrected chi connectivity index (χ3v) is 7.30. The number of amides is 1. The number of fused-ring (bicyclic) bond motifs is 1. The standard InChI is InChI=1S/C22H26N4O4S/c1-25(2)31(28,29)19-5-6-20-17(12-19)13-21(22(27)24-14-18-4-3-11-30-18)26(20)15-16-7-9-23-10-8-16/h5-10,12-13,18H,3-4,11,14-15H2,1-2H3,(H,24,27). The molecule has 164 valence electrons. The molecule has 1 aliphatic rings. The molecule has 1 aliphatic heterocycles. The molecule has 8 nitrogen and oxygen atoms in total. The normalized spacial score (nSPS) is 16.8. The third-order valence-electron chi connectivity index (χ3n) is 5.49. The molecule has 1 unspecified atom stereocenters. The summed E-state index contributed by atoms with van der Waals surface area (Å²) in [6, 6.07) is 10.5. The van der Waals surface area contributed by atoms with Crippen LogP contribution in [0.1, 0.15) is 28.9 Å². The van der Waals surface area contributed by atoms with Gasteiger partial charge in [-0.3, -0.25) is 9.78 Å². The fourth-order valence-corrected chi connectivity index (χ4v) is 4.69. The van der Waals surface area contributed by atoms with Crippen molar-refractivity contribution in [1.82, 2.24) is 19.2 Å². The SMILES string of the molecule is CN(C)S(=O)(=O)c1ccc2c(c1)cc(C(=O)NCC1CCCO1)n2Cc1ccncc1. The van der Waals surface area contributed by atoms with Gasteiger partial charge in [0.2, 0.25) is 10.0 Å². The van der Waals surface area contributed by atoms with E-state index in [1.807, 2.05) is 16.7 Å². The fraction of sp³-hybridized carbons (Fsp3) is 0.364. The van der Waals surface area contributed by atoms with E-state index in [1.54, 1.807) is 36.7 Å². The van der Waals surface area contributed by atoms with E-state index in [9.17, 15) is 13.2 Å². The molecule has 0 aliphatic carbocycles. The first-order valence-corrected chi connectivity index (χ1v) is 11.6. The van der Waals surface area contributed by atoms with Crippen molar-refractivity contribution < 1.29 is 17.9 Å². The fourth-order valence-electron chi connectivity index (χ4n) is 3.75. The number of nitrogens with zero attached hydrogens (tertiary/aromatic N) is 3. The largest absolute Gasteiger partial charge is 0.376 e. The Labute approximate surface area is 181 Å². The van der Waals surface area contributed by atoms with Gasteiger partial charge in [-0.2, -0.15) is 0 Å². The van der Waals surface area contributed by atoms with Gasteiger partial charge in [-0.25, -0.2) is 12.7 Å². The average molecular weight is 443 g/mol. The van der Waals surface area contributed by atoms with Gasteiger partial charge in [0.25, 0.3) is 5.91 Å². The van der Waals surface area contributed by atoms with Gasteiger partial charge in [0.15, 0.2) is 0 Å². The molecule has 0 bridgehead atoms. The quantitative estimate of drug-likeness (QED) is 0.606. The molecule has 0 radical (unpaired) electrons. The zero-order chi connectivity index (χ0) is 22.0. The molecule has 1 amide bonds. The lowest BCUT2D eigenvalue weighted by Crippen LogP contribution is -2.33. The van der Waals surface area contributed by atoms with Crippen LogP contribution in [0.2, 0.25) is 0 Å². The molecule has 3 heterocycles. The molecule has 4 rings (SSSR count). The minimum atomic E-state index is -3.57. The molecule has 3 aromatic rings. The van der Waals surface area contributed by atoms with E-state index in [-0.39, 0.29) is 16.9 Å². The maximum absolute atomic E-state index is 13.0. The molecule has 0 spiro atoms. The van der Waals surface area contributed by atoms with Gasteiger partial charge in [-0.1, -0.05) is 0 Å². The van der Waals surface area contributed by atoms with Crippen LogP contribution in [0.3, 0.4) is 0 Å². The Balaban J connectivity index is 1.72. The number of benzene rings is 1. The Kier molecular flexibility index (Phi) is 6.08. The van der Waals surface area contributed by atoms with Gasteiger partial charge in [-0.15, -0.1) is 0 Å². The van der Waals surface area contributed by atoms with E-state index in [0.29, 0.717) is 24.2 Å². The minimum Gasteiger partial charge on any atom is -0.376 e. The van der Waals surface area contributed by atoms with Crippen LogP contribution in [0.4, 0.5) is 0 Å². The highest BCUT2D eigenvalue weighted by Crippen LogP contribution is 2.26. The Hall–Kier alpha value is -2.75. The van der Waals surface area contributed by atoms with Crippen molar-refractivity contribution in [2.75, 3.05) is 27.2 Å². The number of pyridine rings is 1. The second-order valence-electron chi connectivity index (χ2n) is 7.82. The highest BCUT2D eigenvalue weighted by atomic mass is 32.2. The first-order chi connectivity index (χ1) is 14.9. The van der Waals surface area contributed by atoms with E-state index in [4.69, 9.17) is 4.74 Å². The lowest BCUT2D eigenvalue weighted by molar-refractivity contribution is 0.0851. The number of rotatable bonds is 7. The van der Waals surface area contributed by atoms with Gasteiger partial charge >= 0.3 is 0 Å². The summed E-state index contributed by atoms with van der Waals surface area (Å²) in [6.07, 6.45) is 5.40. The van der Waals surface area contributed by atoms with E-state index < -0.39 is 10.0 Å². The number of hydrogen-bond acceptors (Lipinski definition) is 5. The molecule has 2 aromatic heterocycles. The van der Waals surface area contributed by atoms with Crippen molar-refractivity contribution in [3.63, 3.8) is 0 Å². The molecule has 1 fully saturated rings. The summed E-state index contributed by atoms with van der Waals surface area (Å²) in [5, 5.41) is 3.66. The molecular formula is C22H26N4O4S. The topological polar surface area (TPSA) is 93.5 Å². The number of nitrogens with one attached hydrogen (secondary N) is 1. The smallest absolute Gasteiger partial charge is 0.268 e. The number of sulfonamides is 1. The van der Waals surface area contributed by atoms with Crippen LogP contribution in [0.15, 0.2) is 53.7 Å². The lowest BCUT2D eigenvalue weighted by atomic mass is 10.2. The first kappa shape index (κ1) is 21.5. The van der Waals surface area contributed by atoms with Crippen LogP contribution >= 0.6 is 0 Å². The maximum atomic E-state index is 13.0. The van der Waals surface area contributed by atoms with Crippen LogP contribution in [0.25, 0.3) is 10.9 Å². The number of aromatic nitrogens is 2. The van der Waals surface area contributed by atoms with Crippen LogP contribution in [0.5, 0.6) is 0 Å². The number of carbonyl (C=O) groups is 1. The minimum absolute atomic E-state index is 0.0406. The molecular weight excluding hydrogens is 416 g/mol. The summed E-state index contributed by atoms with van der Waals surface area (Å²) in [7, 11) is -0.577. The summed E-state index contributed by atoms with van der Waals surface area (Å²) in [6.45, 7) is 1.65. The summed E-state index contributed by atoms with van der Waals surface area (Å²) in [5.74, 6) is -0.210. The number of carbonyl (C=O) groups excluding carboxylic acids is 1. The first-order valence-electron chi connectivity index (χ1n) is 10.2. The molecule has 0 saturated carbocycles. The maximum Gasteiger partial charge on any atom is 0.268 e. The number of hydrogen-bond donors (Lipinski definition) is 1. The Morgan fingerprint density at radius 1 is 1.23 bits per heavy atom. The van der Waals surface area contributed by atoms with E-state index in [0.717, 1.165) is 30.5 Å². The summed E-state index contributed by atoms with van der Waals surface area (Å²) >= 11 is 0. The highest BCUT2D eigenvalue weighted by molar-refractivity contribution is 7.89. The van der Waals surface area contributed by atoms with Crippen molar-refractivity contribution in [2.45, 2.75) is 30.4 Å². The second kappa shape index (κ2) is 8.78. The third kappa shape index (κ3) is 4.48. The number of ether oxygens (including phenoxy) is 1. The molecule has 1 saturated heterocycles. The molecule has 31 heavy (non-hydrogen) atoms. The molecule has 1 aromatic carbocycles. The predicted molar refractivity (Wildman–Crippen MR) is 117 cm³/mol. The lowest BCUT2D eigenvalue weighted by Gasteiger charge is -2.14. The van der Waals surface area contributed by atoms with Crippen LogP contribution in [0, 0.1) is 0 Å². The van der Waals surface area contributed by atoms with Crippen molar-refractivity contribution >= 4 is 26.8 Å². The van der Waals surface area contributed by atoms with Gasteiger partial charge in [0.1, 0.15) is 5.69 Å². The van der Waals surface area contributed by atoms with Crippen molar-refractivity contribution in [3.8, 4) is 0 Å². The molecule has 9 heteroatoms. The Bertz CT molecular complexity index is 1180. The van der Waals surface area contributed by atoms with Crippen LogP contribution in [-0.4, -0.2) is 61.5 Å². The van der Waals surface area contributed by atoms with Crippen molar-refractivity contribution in [1.29, 1.82) is 0 Å². The van der Waals surface area contributed by atoms with Gasteiger partial charge in [0.05, 0.1) is 11.0 Å². The van der Waals surface area contributed by atoms with Gasteiger partial charge in [-0.05, 0) is 54.8 Å². The van der Waals surface area contributed by atoms with Crippen LogP contribution in [-0.2, 0) is 21.3 Å². The van der Waals surface area contributed by atoms with Gasteiger partial charge in [0, 0.05) is 57.1 Å². The van der Waals surface area contributed by atoms with Crippen molar-refractivity contribution in [2.24, 2.45) is 0 Å². The highest BCUT2D eigenvalue weighted by Gasteiger charge is 2.22. The average Bonchev–Trinajstić information content (AvgIpc) is 3.40. The zero-order valence-electron chi connectivity index (χ0n) is 17.6. The summed E-state index contributed by atoms with van der Waals surface area (Å²) in [5.41, 5.74) is 2.26. The Morgan fingerprint density at radius 2 is 2.00 bits per heavy atom. The second-order valence-corrected chi connectivity index (χ2v) is 9.98. The Morgan fingerprint density at radius 3 is 2.68 bits per heavy atom.